The van der Waals surface area contributed by atoms with E-state index in [0.29, 0.717) is 5.02 Å². The van der Waals surface area contributed by atoms with Gasteiger partial charge in [0, 0.05) is 5.02 Å². The maximum absolute atomic E-state index is 13.4. The van der Waals surface area contributed by atoms with Crippen molar-refractivity contribution in [3.8, 4) is 5.75 Å². The van der Waals surface area contributed by atoms with Crippen LogP contribution in [0.3, 0.4) is 0 Å². The molecule has 0 fully saturated rings. The monoisotopic (exact) mass is 514 g/mol. The smallest absolute Gasteiger partial charge is 0.244 e. The molecule has 0 radical (unpaired) electrons. The van der Waals surface area contributed by atoms with Crippen LogP contribution in [0.1, 0.15) is 62.8 Å². The van der Waals surface area contributed by atoms with Gasteiger partial charge in [0.1, 0.15) is 11.8 Å². The van der Waals surface area contributed by atoms with Crippen LogP contribution >= 0.6 is 23.2 Å². The van der Waals surface area contributed by atoms with Crippen LogP contribution in [-0.4, -0.2) is 33.7 Å². The van der Waals surface area contributed by atoms with Crippen LogP contribution in [-0.2, 0) is 14.8 Å². The summed E-state index contributed by atoms with van der Waals surface area (Å²) >= 11 is 12.4. The summed E-state index contributed by atoms with van der Waals surface area (Å²) in [6, 6.07) is 7.17. The maximum atomic E-state index is 13.4. The molecular weight excluding hydrogens is 483 g/mol. The number of carbonyl (C=O) groups is 1. The number of amides is 1. The molecule has 0 aliphatic carbocycles. The van der Waals surface area contributed by atoms with E-state index in [-0.39, 0.29) is 29.1 Å². The molecule has 1 amide bonds. The first kappa shape index (κ1) is 27.3. The zero-order valence-electron chi connectivity index (χ0n) is 20.1. The molecule has 0 saturated heterocycles. The van der Waals surface area contributed by atoms with Gasteiger partial charge in [0.2, 0.25) is 15.9 Å². The summed E-state index contributed by atoms with van der Waals surface area (Å²) < 4.78 is 32.0. The normalized spacial score (nSPS) is 13.5. The number of halogens is 2. The first-order chi connectivity index (χ1) is 15.3. The second-order valence-corrected chi connectivity index (χ2v) is 11.1. The molecule has 0 aliphatic rings. The van der Waals surface area contributed by atoms with Gasteiger partial charge in [-0.15, -0.1) is 0 Å². The number of carbonyl (C=O) groups excluding carboxylic acids is 1. The Kier molecular flexibility index (Phi) is 9.08. The summed E-state index contributed by atoms with van der Waals surface area (Å²) in [6.07, 6.45) is 1.29. The molecule has 2 atom stereocenters. The van der Waals surface area contributed by atoms with Crippen molar-refractivity contribution in [3.05, 3.63) is 57.1 Å². The van der Waals surface area contributed by atoms with E-state index in [0.717, 1.165) is 33.0 Å². The molecular formula is C24H32Cl2N2O4S. The molecule has 9 heteroatoms. The Morgan fingerprint density at radius 2 is 1.76 bits per heavy atom. The highest BCUT2D eigenvalue weighted by molar-refractivity contribution is 7.92. The lowest BCUT2D eigenvalue weighted by molar-refractivity contribution is -0.122. The van der Waals surface area contributed by atoms with Gasteiger partial charge in [-0.1, -0.05) is 44.0 Å². The second-order valence-electron chi connectivity index (χ2n) is 8.41. The fourth-order valence-electron chi connectivity index (χ4n) is 3.89. The number of aryl methyl sites for hydroxylation is 1. The number of nitrogens with one attached hydrogen (secondary N) is 1. The number of benzene rings is 2. The first-order valence-electron chi connectivity index (χ1n) is 10.7. The van der Waals surface area contributed by atoms with Gasteiger partial charge in [0.25, 0.3) is 0 Å². The van der Waals surface area contributed by atoms with Crippen LogP contribution in [0.4, 0.5) is 5.69 Å². The van der Waals surface area contributed by atoms with Crippen LogP contribution in [0.15, 0.2) is 30.3 Å². The molecule has 2 aromatic rings. The Hall–Kier alpha value is -1.96. The number of anilines is 1. The van der Waals surface area contributed by atoms with Gasteiger partial charge in [-0.3, -0.25) is 9.10 Å². The van der Waals surface area contributed by atoms with Crippen molar-refractivity contribution in [1.29, 1.82) is 0 Å². The van der Waals surface area contributed by atoms with Crippen molar-refractivity contribution in [3.63, 3.8) is 0 Å². The van der Waals surface area contributed by atoms with E-state index in [9.17, 15) is 13.2 Å². The quantitative estimate of drug-likeness (QED) is 0.454. The number of hydrogen-bond donors (Lipinski definition) is 1. The van der Waals surface area contributed by atoms with Crippen molar-refractivity contribution in [2.75, 3.05) is 17.7 Å². The first-order valence-corrected chi connectivity index (χ1v) is 13.3. The summed E-state index contributed by atoms with van der Waals surface area (Å²) in [6.45, 7) is 9.73. The fourth-order valence-corrected chi connectivity index (χ4v) is 5.53. The molecule has 0 unspecified atom stereocenters. The lowest BCUT2D eigenvalue weighted by Crippen LogP contribution is -2.50. The Labute approximate surface area is 207 Å². The fraction of sp³-hybridized carbons (Fsp3) is 0.458. The third-order valence-corrected chi connectivity index (χ3v) is 7.26. The predicted octanol–water partition coefficient (Wildman–Crippen LogP) is 5.86. The average molecular weight is 516 g/mol. The van der Waals surface area contributed by atoms with Gasteiger partial charge in [-0.2, -0.15) is 0 Å². The molecule has 0 heterocycles. The van der Waals surface area contributed by atoms with Crippen LogP contribution in [0.25, 0.3) is 0 Å². The van der Waals surface area contributed by atoms with Crippen LogP contribution in [0.5, 0.6) is 5.75 Å². The van der Waals surface area contributed by atoms with E-state index in [2.05, 4.69) is 19.2 Å². The van der Waals surface area contributed by atoms with E-state index in [1.807, 2.05) is 26.0 Å². The molecule has 6 nitrogen and oxygen atoms in total. The second kappa shape index (κ2) is 11.0. The molecule has 2 aromatic carbocycles. The zero-order chi connectivity index (χ0) is 25.1. The minimum absolute atomic E-state index is 0.170. The van der Waals surface area contributed by atoms with Crippen molar-refractivity contribution in [1.82, 2.24) is 5.32 Å². The minimum atomic E-state index is -3.84. The zero-order valence-corrected chi connectivity index (χ0v) is 22.4. The number of hydrogen-bond acceptors (Lipinski definition) is 4. The average Bonchev–Trinajstić information content (AvgIpc) is 2.72. The number of ether oxygens (including phenoxy) is 1. The predicted molar refractivity (Wildman–Crippen MR) is 136 cm³/mol. The summed E-state index contributed by atoms with van der Waals surface area (Å²) in [4.78, 5) is 13.4. The number of sulfonamides is 1. The van der Waals surface area contributed by atoms with Gasteiger partial charge in [-0.05, 0) is 73.2 Å². The SMILES string of the molecule is CC[C@@H](C(=O)N[C@@H](C)c1cc(C(C)C)c(OC)cc1C)N(c1cc(Cl)ccc1Cl)S(C)(=O)=O. The van der Waals surface area contributed by atoms with Crippen LogP contribution < -0.4 is 14.4 Å². The molecule has 0 spiro atoms. The van der Waals surface area contributed by atoms with E-state index in [1.165, 1.54) is 12.1 Å². The van der Waals surface area contributed by atoms with Crippen LogP contribution in [0, 0.1) is 6.92 Å². The molecule has 2 rings (SSSR count). The van der Waals surface area contributed by atoms with Gasteiger partial charge in [0.05, 0.1) is 30.1 Å². The largest absolute Gasteiger partial charge is 0.496 e. The number of methoxy groups -OCH3 is 1. The highest BCUT2D eigenvalue weighted by Gasteiger charge is 2.33. The van der Waals surface area contributed by atoms with E-state index < -0.39 is 22.0 Å². The molecule has 0 bridgehead atoms. The highest BCUT2D eigenvalue weighted by Crippen LogP contribution is 2.34. The molecule has 0 aromatic heterocycles. The third kappa shape index (κ3) is 6.34. The molecule has 182 valence electrons. The summed E-state index contributed by atoms with van der Waals surface area (Å²) in [7, 11) is -2.20. The molecule has 0 aliphatic heterocycles. The maximum Gasteiger partial charge on any atom is 0.244 e. The van der Waals surface area contributed by atoms with Crippen molar-refractivity contribution < 1.29 is 17.9 Å². The summed E-state index contributed by atoms with van der Waals surface area (Å²) in [5.41, 5.74) is 3.11. The summed E-state index contributed by atoms with van der Waals surface area (Å²) in [5, 5.41) is 3.50. The van der Waals surface area contributed by atoms with Crippen LogP contribution in [0.2, 0.25) is 10.0 Å². The summed E-state index contributed by atoms with van der Waals surface area (Å²) in [5.74, 6) is 0.610. The van der Waals surface area contributed by atoms with Gasteiger partial charge in [0.15, 0.2) is 0 Å². The molecule has 33 heavy (non-hydrogen) atoms. The van der Waals surface area contributed by atoms with Gasteiger partial charge < -0.3 is 10.1 Å². The third-order valence-electron chi connectivity index (χ3n) is 5.54. The number of nitrogens with zero attached hydrogens (tertiary/aromatic N) is 1. The molecule has 0 saturated carbocycles. The van der Waals surface area contributed by atoms with E-state index in [1.54, 1.807) is 20.1 Å². The Bertz CT molecular complexity index is 1120. The van der Waals surface area contributed by atoms with Crippen molar-refractivity contribution >= 4 is 44.8 Å². The lowest BCUT2D eigenvalue weighted by atomic mass is 9.93. The van der Waals surface area contributed by atoms with Crippen molar-refractivity contribution in [2.24, 2.45) is 0 Å². The highest BCUT2D eigenvalue weighted by atomic mass is 35.5. The lowest BCUT2D eigenvalue weighted by Gasteiger charge is -2.32. The minimum Gasteiger partial charge on any atom is -0.496 e. The standard InChI is InChI=1S/C24H32Cl2N2O4S/c1-8-21(28(33(7,30)31)22-12-17(25)9-10-20(22)26)24(29)27-16(5)19-13-18(14(2)3)23(32-6)11-15(19)4/h9-14,16,21H,8H2,1-7H3,(H,27,29)/t16-,21-/m0/s1. The topological polar surface area (TPSA) is 75.7 Å². The molecule has 1 N–H and O–H groups in total. The number of rotatable bonds is 9. The Balaban J connectivity index is 2.44. The van der Waals surface area contributed by atoms with E-state index >= 15 is 0 Å². The van der Waals surface area contributed by atoms with Gasteiger partial charge >= 0.3 is 0 Å². The Morgan fingerprint density at radius 1 is 1.12 bits per heavy atom. The van der Waals surface area contributed by atoms with Gasteiger partial charge in [-0.25, -0.2) is 8.42 Å². The Morgan fingerprint density at radius 3 is 2.27 bits per heavy atom. The van der Waals surface area contributed by atoms with E-state index in [4.69, 9.17) is 27.9 Å². The van der Waals surface area contributed by atoms with Crippen molar-refractivity contribution in [2.45, 2.75) is 59.0 Å².